The standard InChI is InChI=1S/C30H34O5/c1-17(2)21(31)16-28-15-20-14-19-12-13-26(3,4)29(19,23(28)33)25(35)30(24(28)34,27(20,5)6)22(32)18-10-8-7-9-11-18/h7-11,19-20H,1,12-16H2,2-6H3/t19-,20+,28-,29+,30+/m1/s1. The van der Waals surface area contributed by atoms with Gasteiger partial charge in [0.15, 0.2) is 34.3 Å². The third-order valence-electron chi connectivity index (χ3n) is 10.5. The van der Waals surface area contributed by atoms with Crippen LogP contribution in [0.4, 0.5) is 0 Å². The highest BCUT2D eigenvalue weighted by Crippen LogP contribution is 2.76. The van der Waals surface area contributed by atoms with E-state index in [1.165, 1.54) is 0 Å². The Kier molecular flexibility index (Phi) is 4.77. The molecule has 5 fully saturated rings. The lowest BCUT2D eigenvalue weighted by atomic mass is 9.35. The summed E-state index contributed by atoms with van der Waals surface area (Å²) in [5, 5.41) is 0. The van der Waals surface area contributed by atoms with Gasteiger partial charge in [-0.2, -0.15) is 0 Å². The molecule has 5 heteroatoms. The van der Waals surface area contributed by atoms with E-state index in [2.05, 4.69) is 6.58 Å². The van der Waals surface area contributed by atoms with E-state index in [4.69, 9.17) is 0 Å². The van der Waals surface area contributed by atoms with Gasteiger partial charge in [-0.15, -0.1) is 0 Å². The highest BCUT2D eigenvalue weighted by Gasteiger charge is 2.87. The number of rotatable bonds is 5. The molecule has 1 spiro atoms. The number of benzene rings is 1. The summed E-state index contributed by atoms with van der Waals surface area (Å²) in [6, 6.07) is 8.49. The smallest absolute Gasteiger partial charge is 0.184 e. The van der Waals surface area contributed by atoms with Crippen LogP contribution in [0.1, 0.15) is 77.1 Å². The van der Waals surface area contributed by atoms with Crippen molar-refractivity contribution in [2.24, 2.45) is 38.9 Å². The van der Waals surface area contributed by atoms with Crippen LogP contribution >= 0.6 is 0 Å². The second-order valence-corrected chi connectivity index (χ2v) is 12.7. The number of hydrogen-bond donors (Lipinski definition) is 0. The molecule has 6 rings (SSSR count). The van der Waals surface area contributed by atoms with Gasteiger partial charge in [0, 0.05) is 12.0 Å². The van der Waals surface area contributed by atoms with Crippen molar-refractivity contribution in [1.82, 2.24) is 0 Å². The summed E-state index contributed by atoms with van der Waals surface area (Å²) in [5.41, 5.74) is -6.28. The fraction of sp³-hybridized carbons (Fsp3) is 0.567. The van der Waals surface area contributed by atoms with Crippen molar-refractivity contribution >= 4 is 28.9 Å². The third-order valence-corrected chi connectivity index (χ3v) is 10.5. The van der Waals surface area contributed by atoms with Gasteiger partial charge in [0.1, 0.15) is 0 Å². The van der Waals surface area contributed by atoms with Crippen molar-refractivity contribution in [2.45, 2.75) is 66.7 Å². The summed E-state index contributed by atoms with van der Waals surface area (Å²) in [6.45, 7) is 12.9. The van der Waals surface area contributed by atoms with Gasteiger partial charge in [0.25, 0.3) is 0 Å². The van der Waals surface area contributed by atoms with Crippen molar-refractivity contribution in [3.8, 4) is 0 Å². The van der Waals surface area contributed by atoms with E-state index in [0.29, 0.717) is 24.8 Å². The lowest BCUT2D eigenvalue weighted by Gasteiger charge is -2.62. The molecule has 5 saturated carbocycles. The van der Waals surface area contributed by atoms with Crippen LogP contribution in [0.15, 0.2) is 42.5 Å². The van der Waals surface area contributed by atoms with Crippen molar-refractivity contribution < 1.29 is 24.0 Å². The van der Waals surface area contributed by atoms with E-state index in [1.807, 2.05) is 27.7 Å². The maximum absolute atomic E-state index is 15.0. The number of hydrogen-bond acceptors (Lipinski definition) is 5. The Morgan fingerprint density at radius 1 is 0.943 bits per heavy atom. The molecule has 35 heavy (non-hydrogen) atoms. The zero-order valence-corrected chi connectivity index (χ0v) is 21.3. The van der Waals surface area contributed by atoms with Gasteiger partial charge in [-0.05, 0) is 60.8 Å². The predicted molar refractivity (Wildman–Crippen MR) is 131 cm³/mol. The van der Waals surface area contributed by atoms with Crippen molar-refractivity contribution in [3.63, 3.8) is 0 Å². The highest BCUT2D eigenvalue weighted by molar-refractivity contribution is 6.43. The molecule has 5 nitrogen and oxygen atoms in total. The second-order valence-electron chi connectivity index (χ2n) is 12.7. The quantitative estimate of drug-likeness (QED) is 0.342. The Morgan fingerprint density at radius 3 is 2.17 bits per heavy atom. The van der Waals surface area contributed by atoms with E-state index in [-0.39, 0.29) is 36.0 Å². The first-order chi connectivity index (χ1) is 16.2. The molecule has 0 unspecified atom stereocenters. The molecule has 0 N–H and O–H groups in total. The Bertz CT molecular complexity index is 1220. The fourth-order valence-electron chi connectivity index (χ4n) is 8.56. The molecule has 0 aromatic heterocycles. The molecule has 0 amide bonds. The first kappa shape index (κ1) is 24.0. The molecule has 5 aliphatic rings. The van der Waals surface area contributed by atoms with Gasteiger partial charge in [0.2, 0.25) is 0 Å². The Morgan fingerprint density at radius 2 is 1.57 bits per heavy atom. The average molecular weight is 475 g/mol. The fourth-order valence-corrected chi connectivity index (χ4v) is 8.56. The average Bonchev–Trinajstić information content (AvgIpc) is 2.97. The third kappa shape index (κ3) is 2.43. The molecular weight excluding hydrogens is 440 g/mol. The molecule has 0 heterocycles. The van der Waals surface area contributed by atoms with Gasteiger partial charge < -0.3 is 0 Å². The van der Waals surface area contributed by atoms with Crippen LogP contribution in [0, 0.1) is 38.9 Å². The van der Waals surface area contributed by atoms with Gasteiger partial charge in [0.05, 0.1) is 10.8 Å². The second kappa shape index (κ2) is 6.96. The highest BCUT2D eigenvalue weighted by atomic mass is 16.2. The maximum Gasteiger partial charge on any atom is 0.184 e. The van der Waals surface area contributed by atoms with E-state index in [1.54, 1.807) is 37.3 Å². The zero-order valence-electron chi connectivity index (χ0n) is 21.3. The SMILES string of the molecule is C=C(C)C(=O)C[C@]12C[C@@H]3C[C@H]4CCC(C)(C)[C@@]4(C1=O)C(=O)[C@](C(=O)c1ccccc1)(C2=O)C3(C)C. The Labute approximate surface area is 206 Å². The summed E-state index contributed by atoms with van der Waals surface area (Å²) in [5.74, 6) is -2.90. The zero-order chi connectivity index (χ0) is 25.8. The summed E-state index contributed by atoms with van der Waals surface area (Å²) < 4.78 is 0. The molecule has 1 aromatic carbocycles. The number of Topliss-reactive ketones (excluding diaryl/α,β-unsaturated/α-hetero) is 5. The van der Waals surface area contributed by atoms with Crippen LogP contribution in [0.3, 0.4) is 0 Å². The van der Waals surface area contributed by atoms with E-state index in [0.717, 1.165) is 0 Å². The van der Waals surface area contributed by atoms with Crippen LogP contribution in [0.5, 0.6) is 0 Å². The van der Waals surface area contributed by atoms with Crippen LogP contribution in [0.2, 0.25) is 0 Å². The molecule has 4 bridgehead atoms. The molecule has 184 valence electrons. The van der Waals surface area contributed by atoms with Crippen LogP contribution < -0.4 is 0 Å². The number of carbonyl (C=O) groups is 5. The molecule has 0 aliphatic heterocycles. The van der Waals surface area contributed by atoms with Crippen LogP contribution in [-0.2, 0) is 19.2 Å². The van der Waals surface area contributed by atoms with E-state index < -0.39 is 50.2 Å². The first-order valence-corrected chi connectivity index (χ1v) is 12.7. The minimum Gasteiger partial charge on any atom is -0.297 e. The van der Waals surface area contributed by atoms with Gasteiger partial charge in [-0.3, -0.25) is 24.0 Å². The first-order valence-electron chi connectivity index (χ1n) is 12.7. The normalized spacial score (nSPS) is 38.3. The summed E-state index contributed by atoms with van der Waals surface area (Å²) in [6.07, 6.45) is 1.87. The summed E-state index contributed by atoms with van der Waals surface area (Å²) in [4.78, 5) is 72.0. The molecule has 0 saturated heterocycles. The largest absolute Gasteiger partial charge is 0.297 e. The van der Waals surface area contributed by atoms with Gasteiger partial charge >= 0.3 is 0 Å². The Hall–Kier alpha value is -2.69. The lowest BCUT2D eigenvalue weighted by Crippen LogP contribution is -2.77. The monoisotopic (exact) mass is 474 g/mol. The van der Waals surface area contributed by atoms with E-state index >= 15 is 0 Å². The maximum atomic E-state index is 15.0. The van der Waals surface area contributed by atoms with Crippen molar-refractivity contribution in [2.75, 3.05) is 0 Å². The molecular formula is C30H34O5. The molecule has 0 radical (unpaired) electrons. The van der Waals surface area contributed by atoms with Crippen molar-refractivity contribution in [1.29, 1.82) is 0 Å². The van der Waals surface area contributed by atoms with Crippen molar-refractivity contribution in [3.05, 3.63) is 48.0 Å². The van der Waals surface area contributed by atoms with Gasteiger partial charge in [-0.25, -0.2) is 0 Å². The Balaban J connectivity index is 1.90. The summed E-state index contributed by atoms with van der Waals surface area (Å²) >= 11 is 0. The number of ketones is 5. The van der Waals surface area contributed by atoms with Crippen LogP contribution in [-0.4, -0.2) is 28.9 Å². The van der Waals surface area contributed by atoms with Crippen LogP contribution in [0.25, 0.3) is 0 Å². The summed E-state index contributed by atoms with van der Waals surface area (Å²) in [7, 11) is 0. The lowest BCUT2D eigenvalue weighted by molar-refractivity contribution is -0.187. The van der Waals surface area contributed by atoms with Gasteiger partial charge in [-0.1, -0.05) is 64.6 Å². The molecule has 5 atom stereocenters. The predicted octanol–water partition coefficient (Wildman–Crippen LogP) is 4.97. The minimum absolute atomic E-state index is 0.210. The number of carbonyl (C=O) groups excluding carboxylic acids is 5. The van der Waals surface area contributed by atoms with E-state index in [9.17, 15) is 24.0 Å². The minimum atomic E-state index is -2.00. The molecule has 5 aliphatic carbocycles. The molecule has 1 aromatic rings. The topological polar surface area (TPSA) is 85.3 Å². The number of allylic oxidation sites excluding steroid dienone is 1.